The summed E-state index contributed by atoms with van der Waals surface area (Å²) >= 11 is 0. The number of likely N-dealkylation sites (N-methyl/N-ethyl adjacent to an activating group) is 1. The quantitative estimate of drug-likeness (QED) is 0.874. The Kier molecular flexibility index (Phi) is 4.53. The minimum absolute atomic E-state index is 0.148. The summed E-state index contributed by atoms with van der Waals surface area (Å²) in [6.07, 6.45) is 0. The number of hydrogen-bond donors (Lipinski definition) is 1. The second-order valence-electron chi connectivity index (χ2n) is 5.00. The molecule has 0 fully saturated rings. The molecule has 2 rings (SSSR count). The van der Waals surface area contributed by atoms with Crippen molar-refractivity contribution in [2.75, 3.05) is 18.5 Å². The van der Waals surface area contributed by atoms with Gasteiger partial charge in [0, 0.05) is 19.3 Å². The zero-order valence-corrected chi connectivity index (χ0v) is 11.9. The van der Waals surface area contributed by atoms with Crippen molar-refractivity contribution in [3.8, 4) is 0 Å². The third-order valence-electron chi connectivity index (χ3n) is 3.52. The van der Waals surface area contributed by atoms with E-state index in [4.69, 9.17) is 5.73 Å². The summed E-state index contributed by atoms with van der Waals surface area (Å²) in [5.41, 5.74) is 8.00. The molecule has 2 nitrogen and oxygen atoms in total. The van der Waals surface area contributed by atoms with Crippen molar-refractivity contribution in [2.45, 2.75) is 13.0 Å². The van der Waals surface area contributed by atoms with Crippen LogP contribution >= 0.6 is 0 Å². The summed E-state index contributed by atoms with van der Waals surface area (Å²) in [6.45, 7) is 2.11. The summed E-state index contributed by atoms with van der Waals surface area (Å²) in [4.78, 5) is 1.81. The van der Waals surface area contributed by atoms with Gasteiger partial charge in [0.15, 0.2) is 17.5 Å². The van der Waals surface area contributed by atoms with Gasteiger partial charge < -0.3 is 10.6 Å². The number of rotatable bonds is 4. The Labute approximate surface area is 122 Å². The number of halogens is 3. The van der Waals surface area contributed by atoms with Crippen LogP contribution < -0.4 is 10.6 Å². The molecule has 2 N–H and O–H groups in total. The molecule has 0 aliphatic rings. The van der Waals surface area contributed by atoms with Crippen molar-refractivity contribution in [1.29, 1.82) is 0 Å². The fraction of sp³-hybridized carbons (Fsp3) is 0.250. The van der Waals surface area contributed by atoms with Gasteiger partial charge in [0.25, 0.3) is 0 Å². The molecule has 0 radical (unpaired) electrons. The molecule has 5 heteroatoms. The van der Waals surface area contributed by atoms with Crippen LogP contribution in [0.5, 0.6) is 0 Å². The fourth-order valence-corrected chi connectivity index (χ4v) is 2.25. The number of benzene rings is 2. The van der Waals surface area contributed by atoms with E-state index in [-0.39, 0.29) is 6.54 Å². The van der Waals surface area contributed by atoms with Gasteiger partial charge in [0.1, 0.15) is 0 Å². The van der Waals surface area contributed by atoms with Crippen molar-refractivity contribution >= 4 is 5.69 Å². The van der Waals surface area contributed by atoms with Gasteiger partial charge in [-0.1, -0.05) is 17.7 Å². The lowest BCUT2D eigenvalue weighted by molar-refractivity contribution is 0.443. The van der Waals surface area contributed by atoms with Gasteiger partial charge in [0.05, 0.1) is 6.04 Å². The average Bonchev–Trinajstić information content (AvgIpc) is 2.46. The van der Waals surface area contributed by atoms with Crippen LogP contribution in [0.4, 0.5) is 18.9 Å². The maximum atomic E-state index is 13.4. The molecule has 0 aliphatic heterocycles. The first-order valence-electron chi connectivity index (χ1n) is 6.58. The van der Waals surface area contributed by atoms with Gasteiger partial charge in [-0.3, -0.25) is 0 Å². The van der Waals surface area contributed by atoms with Crippen LogP contribution in [-0.4, -0.2) is 13.6 Å². The summed E-state index contributed by atoms with van der Waals surface area (Å²) < 4.78 is 39.8. The molecule has 2 aromatic rings. The van der Waals surface area contributed by atoms with Crippen molar-refractivity contribution < 1.29 is 13.2 Å². The van der Waals surface area contributed by atoms with Gasteiger partial charge in [-0.2, -0.15) is 0 Å². The number of aryl methyl sites for hydroxylation is 1. The highest BCUT2D eigenvalue weighted by molar-refractivity contribution is 5.49. The summed E-state index contributed by atoms with van der Waals surface area (Å²) in [5, 5.41) is 0. The molecule has 0 aromatic heterocycles. The van der Waals surface area contributed by atoms with Crippen molar-refractivity contribution in [2.24, 2.45) is 5.73 Å². The minimum Gasteiger partial charge on any atom is -0.366 e. The maximum Gasteiger partial charge on any atom is 0.194 e. The molecule has 0 heterocycles. The average molecular weight is 294 g/mol. The fourth-order valence-electron chi connectivity index (χ4n) is 2.25. The molecular weight excluding hydrogens is 277 g/mol. The van der Waals surface area contributed by atoms with Crippen LogP contribution in [0.1, 0.15) is 17.2 Å². The number of hydrogen-bond acceptors (Lipinski definition) is 2. The third-order valence-corrected chi connectivity index (χ3v) is 3.52. The second kappa shape index (κ2) is 6.18. The molecule has 1 atom stereocenters. The standard InChI is InChI=1S/C16H17F3N2/c1-10-3-5-12(6-4-10)21(2)15(9-20)11-7-13(17)16(19)14(18)8-11/h3-8,15H,9,20H2,1-2H3. The lowest BCUT2D eigenvalue weighted by atomic mass is 10.0. The van der Waals surface area contributed by atoms with Crippen LogP contribution in [-0.2, 0) is 0 Å². The lowest BCUT2D eigenvalue weighted by Crippen LogP contribution is -2.30. The van der Waals surface area contributed by atoms with E-state index in [1.807, 2.05) is 36.1 Å². The first-order chi connectivity index (χ1) is 9.93. The summed E-state index contributed by atoms with van der Waals surface area (Å²) in [6, 6.07) is 9.19. The van der Waals surface area contributed by atoms with E-state index in [0.717, 1.165) is 23.4 Å². The van der Waals surface area contributed by atoms with E-state index < -0.39 is 23.5 Å². The first kappa shape index (κ1) is 15.4. The predicted octanol–water partition coefficient (Wildman–Crippen LogP) is 3.55. The van der Waals surface area contributed by atoms with Crippen molar-refractivity contribution in [1.82, 2.24) is 0 Å². The van der Waals surface area contributed by atoms with Crippen LogP contribution in [0, 0.1) is 24.4 Å². The zero-order valence-electron chi connectivity index (χ0n) is 11.9. The van der Waals surface area contributed by atoms with Crippen LogP contribution in [0.2, 0.25) is 0 Å². The minimum atomic E-state index is -1.47. The topological polar surface area (TPSA) is 29.3 Å². The number of nitrogens with two attached hydrogens (primary N) is 1. The normalized spacial score (nSPS) is 12.3. The highest BCUT2D eigenvalue weighted by Crippen LogP contribution is 2.27. The molecule has 0 bridgehead atoms. The van der Waals surface area contributed by atoms with Gasteiger partial charge >= 0.3 is 0 Å². The van der Waals surface area contributed by atoms with Crippen molar-refractivity contribution in [3.63, 3.8) is 0 Å². The van der Waals surface area contributed by atoms with Crippen LogP contribution in [0.25, 0.3) is 0 Å². The maximum absolute atomic E-state index is 13.4. The van der Waals surface area contributed by atoms with E-state index in [1.165, 1.54) is 0 Å². The highest BCUT2D eigenvalue weighted by Gasteiger charge is 2.20. The third kappa shape index (κ3) is 3.19. The predicted molar refractivity (Wildman–Crippen MR) is 77.7 cm³/mol. The molecule has 0 aliphatic carbocycles. The lowest BCUT2D eigenvalue weighted by Gasteiger charge is -2.29. The van der Waals surface area contributed by atoms with Gasteiger partial charge in [-0.05, 0) is 36.8 Å². The Morgan fingerprint density at radius 2 is 1.57 bits per heavy atom. The molecule has 21 heavy (non-hydrogen) atoms. The molecule has 2 aromatic carbocycles. The van der Waals surface area contributed by atoms with E-state index >= 15 is 0 Å². The molecule has 112 valence electrons. The van der Waals surface area contributed by atoms with Gasteiger partial charge in [-0.25, -0.2) is 13.2 Å². The molecule has 0 saturated carbocycles. The molecule has 0 spiro atoms. The van der Waals surface area contributed by atoms with Gasteiger partial charge in [0.2, 0.25) is 0 Å². The Hall–Kier alpha value is -2.01. The summed E-state index contributed by atoms with van der Waals surface area (Å²) in [7, 11) is 1.78. The van der Waals surface area contributed by atoms with Crippen molar-refractivity contribution in [3.05, 3.63) is 65.0 Å². The van der Waals surface area contributed by atoms with E-state index in [1.54, 1.807) is 7.05 Å². The van der Waals surface area contributed by atoms with Crippen LogP contribution in [0.3, 0.4) is 0 Å². The Bertz CT molecular complexity index is 603. The number of nitrogens with zero attached hydrogens (tertiary/aromatic N) is 1. The Morgan fingerprint density at radius 3 is 2.05 bits per heavy atom. The zero-order chi connectivity index (χ0) is 15.6. The molecular formula is C16H17F3N2. The van der Waals surface area contributed by atoms with E-state index in [0.29, 0.717) is 5.56 Å². The summed E-state index contributed by atoms with van der Waals surface area (Å²) in [5.74, 6) is -3.88. The number of anilines is 1. The highest BCUT2D eigenvalue weighted by atomic mass is 19.2. The SMILES string of the molecule is Cc1ccc(N(C)C(CN)c2cc(F)c(F)c(F)c2)cc1. The van der Waals surface area contributed by atoms with E-state index in [9.17, 15) is 13.2 Å². The van der Waals surface area contributed by atoms with Gasteiger partial charge in [-0.15, -0.1) is 0 Å². The Morgan fingerprint density at radius 1 is 1.05 bits per heavy atom. The molecule has 0 amide bonds. The van der Waals surface area contributed by atoms with Crippen LogP contribution in [0.15, 0.2) is 36.4 Å². The van der Waals surface area contributed by atoms with E-state index in [2.05, 4.69) is 0 Å². The monoisotopic (exact) mass is 294 g/mol. The Balaban J connectivity index is 2.37. The second-order valence-corrected chi connectivity index (χ2v) is 5.00. The molecule has 1 unspecified atom stereocenters. The molecule has 0 saturated heterocycles. The first-order valence-corrected chi connectivity index (χ1v) is 6.58. The largest absolute Gasteiger partial charge is 0.366 e. The smallest absolute Gasteiger partial charge is 0.194 e.